The Bertz CT molecular complexity index is 1680. The molecule has 1 N–H and O–H groups in total. The summed E-state index contributed by atoms with van der Waals surface area (Å²) >= 11 is 0. The summed E-state index contributed by atoms with van der Waals surface area (Å²) in [6.45, 7) is 6.58. The van der Waals surface area contributed by atoms with Gasteiger partial charge < -0.3 is 23.8 Å². The first-order valence-corrected chi connectivity index (χ1v) is 15.2. The molecule has 0 radical (unpaired) electrons. The van der Waals surface area contributed by atoms with E-state index in [2.05, 4.69) is 103 Å². The second-order valence-electron chi connectivity index (χ2n) is 12.0. The van der Waals surface area contributed by atoms with Crippen molar-refractivity contribution in [2.45, 2.75) is 58.2 Å². The van der Waals surface area contributed by atoms with Crippen molar-refractivity contribution in [2.24, 2.45) is 4.99 Å². The van der Waals surface area contributed by atoms with Crippen molar-refractivity contribution in [2.75, 3.05) is 0 Å². The van der Waals surface area contributed by atoms with Gasteiger partial charge in [0.05, 0.1) is 41.7 Å². The maximum absolute atomic E-state index is 6.70. The van der Waals surface area contributed by atoms with Gasteiger partial charge >= 0.3 is 7.12 Å². The second-order valence-corrected chi connectivity index (χ2v) is 12.0. The van der Waals surface area contributed by atoms with E-state index < -0.39 is 6.23 Å². The van der Waals surface area contributed by atoms with Crippen molar-refractivity contribution < 1.29 is 18.5 Å². The Labute approximate surface area is 259 Å². The molecule has 1 aromatic heterocycles. The molecule has 2 atom stereocenters. The zero-order chi connectivity index (χ0) is 30.1. The van der Waals surface area contributed by atoms with Crippen molar-refractivity contribution in [3.63, 3.8) is 0 Å². The minimum atomic E-state index is -0.399. The summed E-state index contributed by atoms with van der Waals surface area (Å²) in [5.41, 5.74) is 6.96. The number of furan rings is 1. The molecular formula is C36H36BN3O4. The van der Waals surface area contributed by atoms with Crippen molar-refractivity contribution in [3.8, 4) is 0 Å². The van der Waals surface area contributed by atoms with E-state index in [9.17, 15) is 0 Å². The molecule has 0 aliphatic carbocycles. The van der Waals surface area contributed by atoms with Crippen molar-refractivity contribution in [3.05, 3.63) is 143 Å². The van der Waals surface area contributed by atoms with E-state index in [1.165, 1.54) is 5.56 Å². The molecule has 7 nitrogen and oxygen atoms in total. The smallest absolute Gasteiger partial charge is 0.469 e. The van der Waals surface area contributed by atoms with Crippen LogP contribution in [0.4, 0.5) is 0 Å². The topological polar surface area (TPSA) is 68.5 Å². The van der Waals surface area contributed by atoms with Crippen molar-refractivity contribution in [1.29, 1.82) is 0 Å². The number of hydrogen-bond acceptors (Lipinski definition) is 7. The predicted molar refractivity (Wildman–Crippen MR) is 173 cm³/mol. The zero-order valence-electron chi connectivity index (χ0n) is 25.3. The summed E-state index contributed by atoms with van der Waals surface area (Å²) in [7, 11) is -0.366. The average Bonchev–Trinajstić information content (AvgIpc) is 3.75. The van der Waals surface area contributed by atoms with Gasteiger partial charge in [-0.25, -0.2) is 4.99 Å². The zero-order valence-corrected chi connectivity index (χ0v) is 25.3. The number of allylic oxidation sites excluding steroid dienone is 1. The van der Waals surface area contributed by atoms with Gasteiger partial charge in [0.2, 0.25) is 0 Å². The largest absolute Gasteiger partial charge is 0.494 e. The average molecular weight is 586 g/mol. The Morgan fingerprint density at radius 3 is 2.32 bits per heavy atom. The Balaban J connectivity index is 1.18. The van der Waals surface area contributed by atoms with E-state index >= 15 is 0 Å². The number of fused-ring (bicyclic) bond motifs is 1. The quantitative estimate of drug-likeness (QED) is 0.242. The van der Waals surface area contributed by atoms with Gasteiger partial charge in [0.1, 0.15) is 5.76 Å². The molecular weight excluding hydrogens is 549 g/mol. The Morgan fingerprint density at radius 2 is 1.64 bits per heavy atom. The predicted octanol–water partition coefficient (Wildman–Crippen LogP) is 6.04. The van der Waals surface area contributed by atoms with Gasteiger partial charge in [0.15, 0.2) is 12.0 Å². The van der Waals surface area contributed by atoms with Crippen LogP contribution in [0.15, 0.2) is 130 Å². The highest BCUT2D eigenvalue weighted by atomic mass is 16.7. The van der Waals surface area contributed by atoms with E-state index in [1.54, 1.807) is 6.26 Å². The Hall–Kier alpha value is -4.37. The number of nitrogens with one attached hydrogen (secondary N) is 1. The molecule has 0 amide bonds. The summed E-state index contributed by atoms with van der Waals surface area (Å²) < 4.78 is 24.6. The lowest BCUT2D eigenvalue weighted by molar-refractivity contribution is 0.0183. The summed E-state index contributed by atoms with van der Waals surface area (Å²) in [4.78, 5) is 7.33. The summed E-state index contributed by atoms with van der Waals surface area (Å²) in [6, 6.07) is 33.0. The van der Waals surface area contributed by atoms with Crippen LogP contribution in [-0.4, -0.2) is 35.7 Å². The number of benzene rings is 3. The van der Waals surface area contributed by atoms with Crippen LogP contribution in [0.5, 0.6) is 0 Å². The first-order chi connectivity index (χ1) is 21.4. The highest BCUT2D eigenvalue weighted by Crippen LogP contribution is 2.34. The first kappa shape index (κ1) is 28.4. The highest BCUT2D eigenvalue weighted by Gasteiger charge is 2.44. The maximum Gasteiger partial charge on any atom is 0.494 e. The third-order valence-electron chi connectivity index (χ3n) is 8.48. The molecule has 8 heteroatoms. The molecule has 2 unspecified atom stereocenters. The van der Waals surface area contributed by atoms with Gasteiger partial charge in [-0.2, -0.15) is 0 Å². The Morgan fingerprint density at radius 1 is 0.886 bits per heavy atom. The van der Waals surface area contributed by atoms with Crippen LogP contribution in [0.1, 0.15) is 43.2 Å². The molecule has 0 spiro atoms. The van der Waals surface area contributed by atoms with Gasteiger partial charge in [-0.05, 0) is 55.1 Å². The van der Waals surface area contributed by atoms with Gasteiger partial charge in [0, 0.05) is 19.0 Å². The van der Waals surface area contributed by atoms with Crippen LogP contribution in [0.25, 0.3) is 5.70 Å². The summed E-state index contributed by atoms with van der Waals surface area (Å²) in [6.07, 6.45) is 4.70. The normalized spacial score (nSPS) is 20.8. The molecule has 1 fully saturated rings. The fraction of sp³-hybridized carbons (Fsp3) is 0.250. The van der Waals surface area contributed by atoms with E-state index in [1.807, 2.05) is 31.2 Å². The van der Waals surface area contributed by atoms with Crippen molar-refractivity contribution >= 4 is 24.0 Å². The molecule has 3 aliphatic heterocycles. The van der Waals surface area contributed by atoms with Crippen LogP contribution < -0.4 is 10.8 Å². The second kappa shape index (κ2) is 12.0. The number of aliphatic imine (C=N–C) groups is 1. The molecule has 44 heavy (non-hydrogen) atoms. The third-order valence-corrected chi connectivity index (χ3v) is 8.48. The van der Waals surface area contributed by atoms with Crippen LogP contribution >= 0.6 is 0 Å². The first-order valence-electron chi connectivity index (χ1n) is 15.2. The van der Waals surface area contributed by atoms with Crippen LogP contribution in [0.3, 0.4) is 0 Å². The molecule has 4 heterocycles. The maximum atomic E-state index is 6.70. The summed E-state index contributed by atoms with van der Waals surface area (Å²) in [5.74, 6) is 1.71. The van der Waals surface area contributed by atoms with Crippen LogP contribution in [0.2, 0.25) is 0 Å². The van der Waals surface area contributed by atoms with Crippen molar-refractivity contribution in [1.82, 2.24) is 10.2 Å². The summed E-state index contributed by atoms with van der Waals surface area (Å²) in [5, 5.41) is 3.69. The molecule has 222 valence electrons. The van der Waals surface area contributed by atoms with Gasteiger partial charge in [-0.15, -0.1) is 0 Å². The molecule has 3 aliphatic rings. The van der Waals surface area contributed by atoms with Gasteiger partial charge in [-0.3, -0.25) is 4.90 Å². The van der Waals surface area contributed by atoms with E-state index in [4.69, 9.17) is 23.5 Å². The minimum absolute atomic E-state index is 0.0200. The number of hydrogen-bond donors (Lipinski definition) is 1. The fourth-order valence-electron chi connectivity index (χ4n) is 5.69. The minimum Gasteiger partial charge on any atom is -0.469 e. The van der Waals surface area contributed by atoms with E-state index in [-0.39, 0.29) is 18.8 Å². The molecule has 7 rings (SSSR count). The molecule has 0 saturated carbocycles. The van der Waals surface area contributed by atoms with Gasteiger partial charge in [-0.1, -0.05) is 84.9 Å². The highest BCUT2D eigenvalue weighted by molar-refractivity contribution is 6.62. The van der Waals surface area contributed by atoms with E-state index in [0.717, 1.165) is 45.3 Å². The molecule has 1 saturated heterocycles. The number of ether oxygens (including phenoxy) is 1. The lowest BCUT2D eigenvalue weighted by atomic mass is 9.79. The Kier molecular flexibility index (Phi) is 7.72. The lowest BCUT2D eigenvalue weighted by Crippen LogP contribution is -2.38. The fourth-order valence-corrected chi connectivity index (χ4v) is 5.69. The van der Waals surface area contributed by atoms with Crippen LogP contribution in [-0.2, 0) is 33.5 Å². The van der Waals surface area contributed by atoms with Crippen LogP contribution in [0, 0.1) is 0 Å². The standard InChI is InChI=1S/C36H36BN3O4/c1-25-36(2,3)44-37(43-25)29-18-16-27(17-19-29)24-42-35-32(22-30-15-10-20-41-30)39-34-31(21-26-11-6-4-7-12-26)38-33(23-40(34)35)28-13-8-5-9-14-28/h4-20,23,25,35,38H,21-22,24H2,1-3H3. The van der Waals surface area contributed by atoms with Gasteiger partial charge in [0.25, 0.3) is 0 Å². The third kappa shape index (κ3) is 5.89. The molecule has 3 aromatic carbocycles. The SMILES string of the molecule is CC1OB(c2ccc(COC3C(Cc4ccco4)=NC4=C(Cc5ccccc5)NC(c5ccccc5)=CN43)cc2)OC1(C)C. The number of rotatable bonds is 9. The van der Waals surface area contributed by atoms with E-state index in [0.29, 0.717) is 19.4 Å². The monoisotopic (exact) mass is 585 g/mol. The molecule has 0 bridgehead atoms. The number of nitrogens with zero attached hydrogens (tertiary/aromatic N) is 2. The molecule has 4 aromatic rings. The lowest BCUT2D eigenvalue weighted by Gasteiger charge is -2.31.